The Hall–Kier alpha value is -1.59. The number of nitrogens with one attached hydrogen (secondary N) is 1. The molecule has 1 atom stereocenters. The van der Waals surface area contributed by atoms with Gasteiger partial charge in [0.15, 0.2) is 0 Å². The Kier molecular flexibility index (Phi) is 5.06. The van der Waals surface area contributed by atoms with Crippen LogP contribution in [0.1, 0.15) is 66.2 Å². The van der Waals surface area contributed by atoms with Gasteiger partial charge in [-0.25, -0.2) is 4.79 Å². The van der Waals surface area contributed by atoms with Gasteiger partial charge in [-0.3, -0.25) is 14.5 Å². The zero-order valence-corrected chi connectivity index (χ0v) is 16.6. The number of carbonyl (C=O) groups excluding carboxylic acids is 3. The summed E-state index contributed by atoms with van der Waals surface area (Å²) in [5, 5.41) is 2.99. The third-order valence-corrected chi connectivity index (χ3v) is 6.26. The number of rotatable bonds is 2. The van der Waals surface area contributed by atoms with E-state index < -0.39 is 11.0 Å². The van der Waals surface area contributed by atoms with Crippen LogP contribution in [-0.4, -0.2) is 52.8 Å². The molecular formula is C20H33N3O3. The summed E-state index contributed by atoms with van der Waals surface area (Å²) in [5.41, 5.74) is -1.06. The molecule has 0 bridgehead atoms. The molecule has 3 fully saturated rings. The van der Waals surface area contributed by atoms with Crippen molar-refractivity contribution < 1.29 is 14.4 Å². The molecule has 6 nitrogen and oxygen atoms in total. The first-order chi connectivity index (χ1) is 12.1. The number of urea groups is 1. The fraction of sp³-hybridized carbons (Fsp3) is 0.850. The van der Waals surface area contributed by atoms with Crippen LogP contribution >= 0.6 is 0 Å². The third kappa shape index (κ3) is 3.60. The number of nitrogens with zero attached hydrogens (tertiary/aromatic N) is 2. The zero-order chi connectivity index (χ0) is 19.1. The van der Waals surface area contributed by atoms with E-state index in [4.69, 9.17) is 0 Å². The molecule has 2 heterocycles. The molecule has 1 aliphatic carbocycles. The Morgan fingerprint density at radius 3 is 2.46 bits per heavy atom. The van der Waals surface area contributed by atoms with E-state index in [0.29, 0.717) is 19.0 Å². The Morgan fingerprint density at radius 2 is 1.85 bits per heavy atom. The third-order valence-electron chi connectivity index (χ3n) is 6.26. The van der Waals surface area contributed by atoms with Crippen LogP contribution in [0.15, 0.2) is 0 Å². The van der Waals surface area contributed by atoms with Crippen LogP contribution in [0.2, 0.25) is 0 Å². The van der Waals surface area contributed by atoms with E-state index in [0.717, 1.165) is 45.1 Å². The first-order valence-electron chi connectivity index (χ1n) is 10.1. The topological polar surface area (TPSA) is 69.7 Å². The molecule has 0 aromatic heterocycles. The van der Waals surface area contributed by atoms with Crippen LogP contribution in [-0.2, 0) is 9.59 Å². The second-order valence-corrected chi connectivity index (χ2v) is 9.62. The molecule has 4 amide bonds. The van der Waals surface area contributed by atoms with Crippen LogP contribution < -0.4 is 5.32 Å². The average molecular weight is 364 g/mol. The number of carbonyl (C=O) groups is 3. The van der Waals surface area contributed by atoms with Gasteiger partial charge in [-0.05, 0) is 50.4 Å². The Balaban J connectivity index is 1.64. The first kappa shape index (κ1) is 19.2. The second-order valence-electron chi connectivity index (χ2n) is 9.62. The minimum atomic E-state index is -0.667. The lowest BCUT2D eigenvalue weighted by Crippen LogP contribution is -2.50. The largest absolute Gasteiger partial charge is 0.342 e. The van der Waals surface area contributed by atoms with Crippen molar-refractivity contribution in [2.45, 2.75) is 71.8 Å². The number of imide groups is 1. The van der Waals surface area contributed by atoms with Gasteiger partial charge in [-0.1, -0.05) is 27.7 Å². The van der Waals surface area contributed by atoms with Crippen molar-refractivity contribution in [2.24, 2.45) is 17.3 Å². The number of piperidine rings is 1. The van der Waals surface area contributed by atoms with E-state index in [1.807, 2.05) is 25.7 Å². The van der Waals surface area contributed by atoms with Crippen LogP contribution in [0.5, 0.6) is 0 Å². The van der Waals surface area contributed by atoms with Crippen molar-refractivity contribution >= 4 is 17.8 Å². The maximum atomic E-state index is 13.0. The lowest BCUT2D eigenvalue weighted by Gasteiger charge is -2.37. The number of amides is 4. The minimum Gasteiger partial charge on any atom is -0.342 e. The summed E-state index contributed by atoms with van der Waals surface area (Å²) in [6.07, 6.45) is 5.34. The van der Waals surface area contributed by atoms with Gasteiger partial charge in [-0.2, -0.15) is 0 Å². The molecular weight excluding hydrogens is 330 g/mol. The summed E-state index contributed by atoms with van der Waals surface area (Å²) in [6.45, 7) is 9.84. The lowest BCUT2D eigenvalue weighted by atomic mass is 9.77. The highest BCUT2D eigenvalue weighted by Crippen LogP contribution is 2.37. The molecule has 0 aromatic rings. The monoisotopic (exact) mass is 363 g/mol. The molecule has 0 aromatic carbocycles. The van der Waals surface area contributed by atoms with Crippen molar-refractivity contribution in [2.75, 3.05) is 19.6 Å². The van der Waals surface area contributed by atoms with Gasteiger partial charge in [0.1, 0.15) is 5.54 Å². The van der Waals surface area contributed by atoms with E-state index >= 15 is 0 Å². The summed E-state index contributed by atoms with van der Waals surface area (Å²) in [4.78, 5) is 41.4. The molecule has 6 heteroatoms. The molecule has 1 N–H and O–H groups in total. The zero-order valence-electron chi connectivity index (χ0n) is 16.6. The van der Waals surface area contributed by atoms with E-state index in [1.54, 1.807) is 0 Å². The summed E-state index contributed by atoms with van der Waals surface area (Å²) < 4.78 is 0. The predicted octanol–water partition coefficient (Wildman–Crippen LogP) is 2.77. The summed E-state index contributed by atoms with van der Waals surface area (Å²) in [6, 6.07) is -0.246. The molecule has 146 valence electrons. The van der Waals surface area contributed by atoms with Crippen LogP contribution in [0.4, 0.5) is 4.79 Å². The molecule has 3 rings (SSSR count). The first-order valence-corrected chi connectivity index (χ1v) is 10.1. The fourth-order valence-corrected chi connectivity index (χ4v) is 4.57. The quantitative estimate of drug-likeness (QED) is 0.767. The standard InChI is InChI=1S/C20H33N3O3/c1-14-7-9-20(10-8-14)17(25)23(18(26)21-20)13-15-6-5-11-22(12-15)16(24)19(2,3)4/h14-15H,5-13H2,1-4H3,(H,21,26). The number of hydrogen-bond donors (Lipinski definition) is 1. The number of likely N-dealkylation sites (tertiary alicyclic amines) is 1. The minimum absolute atomic E-state index is 0.0475. The Labute approximate surface area is 156 Å². The van der Waals surface area contributed by atoms with Gasteiger partial charge in [0, 0.05) is 25.0 Å². The lowest BCUT2D eigenvalue weighted by molar-refractivity contribution is -0.141. The molecule has 2 saturated heterocycles. The van der Waals surface area contributed by atoms with Crippen molar-refractivity contribution in [3.05, 3.63) is 0 Å². The van der Waals surface area contributed by atoms with Gasteiger partial charge >= 0.3 is 6.03 Å². The summed E-state index contributed by atoms with van der Waals surface area (Å²) in [5.74, 6) is 0.892. The van der Waals surface area contributed by atoms with Crippen molar-refractivity contribution in [1.82, 2.24) is 15.1 Å². The highest BCUT2D eigenvalue weighted by atomic mass is 16.2. The average Bonchev–Trinajstić information content (AvgIpc) is 2.81. The van der Waals surface area contributed by atoms with E-state index in [9.17, 15) is 14.4 Å². The number of hydrogen-bond acceptors (Lipinski definition) is 3. The van der Waals surface area contributed by atoms with Gasteiger partial charge in [0.2, 0.25) is 5.91 Å². The summed E-state index contributed by atoms with van der Waals surface area (Å²) >= 11 is 0. The van der Waals surface area contributed by atoms with Gasteiger partial charge in [0.05, 0.1) is 0 Å². The molecule has 1 spiro atoms. The van der Waals surface area contributed by atoms with Crippen LogP contribution in [0.3, 0.4) is 0 Å². The maximum absolute atomic E-state index is 13.0. The highest BCUT2D eigenvalue weighted by Gasteiger charge is 2.52. The summed E-state index contributed by atoms with van der Waals surface area (Å²) in [7, 11) is 0. The molecule has 1 saturated carbocycles. The molecule has 0 radical (unpaired) electrons. The molecule has 2 aliphatic heterocycles. The van der Waals surface area contributed by atoms with Crippen molar-refractivity contribution in [1.29, 1.82) is 0 Å². The van der Waals surface area contributed by atoms with Crippen LogP contribution in [0, 0.1) is 17.3 Å². The van der Waals surface area contributed by atoms with Gasteiger partial charge in [0.25, 0.3) is 5.91 Å². The van der Waals surface area contributed by atoms with Crippen molar-refractivity contribution in [3.8, 4) is 0 Å². The van der Waals surface area contributed by atoms with Crippen LogP contribution in [0.25, 0.3) is 0 Å². The predicted molar refractivity (Wildman–Crippen MR) is 99.4 cm³/mol. The fourth-order valence-electron chi connectivity index (χ4n) is 4.57. The van der Waals surface area contributed by atoms with E-state index in [1.165, 1.54) is 4.90 Å². The second kappa shape index (κ2) is 6.86. The Morgan fingerprint density at radius 1 is 1.19 bits per heavy atom. The van der Waals surface area contributed by atoms with Crippen molar-refractivity contribution in [3.63, 3.8) is 0 Å². The molecule has 1 unspecified atom stereocenters. The van der Waals surface area contributed by atoms with Gasteiger partial charge < -0.3 is 10.2 Å². The van der Waals surface area contributed by atoms with E-state index in [2.05, 4.69) is 12.2 Å². The Bertz CT molecular complexity index is 588. The molecule has 26 heavy (non-hydrogen) atoms. The molecule has 3 aliphatic rings. The SMILES string of the molecule is CC1CCC2(CC1)NC(=O)N(CC1CCCN(C(=O)C(C)(C)C)C1)C2=O. The maximum Gasteiger partial charge on any atom is 0.325 e. The normalized spacial score (nSPS) is 32.9. The highest BCUT2D eigenvalue weighted by molar-refractivity contribution is 6.07. The smallest absolute Gasteiger partial charge is 0.325 e. The van der Waals surface area contributed by atoms with Gasteiger partial charge in [-0.15, -0.1) is 0 Å². The van der Waals surface area contributed by atoms with E-state index in [-0.39, 0.29) is 23.8 Å².